The van der Waals surface area contributed by atoms with Crippen molar-refractivity contribution >= 4 is 21.2 Å². The van der Waals surface area contributed by atoms with Gasteiger partial charge in [0.15, 0.2) is 9.84 Å². The third-order valence-corrected chi connectivity index (χ3v) is 5.34. The van der Waals surface area contributed by atoms with Gasteiger partial charge >= 0.3 is 0 Å². The van der Waals surface area contributed by atoms with Crippen molar-refractivity contribution in [1.29, 1.82) is 0 Å². The highest BCUT2D eigenvalue weighted by Crippen LogP contribution is 2.35. The molecule has 1 atom stereocenters. The summed E-state index contributed by atoms with van der Waals surface area (Å²) in [7, 11) is -2.93. The quantitative estimate of drug-likeness (QED) is 0.768. The third-order valence-electron chi connectivity index (χ3n) is 3.64. The first-order chi connectivity index (χ1) is 8.46. The van der Waals surface area contributed by atoms with Gasteiger partial charge in [-0.25, -0.2) is 12.8 Å². The van der Waals surface area contributed by atoms with Gasteiger partial charge in [0.25, 0.3) is 0 Å². The molecule has 0 spiro atoms. The van der Waals surface area contributed by atoms with Crippen LogP contribution in [-0.2, 0) is 9.84 Å². The van der Waals surface area contributed by atoms with Crippen molar-refractivity contribution in [1.82, 2.24) is 0 Å². The average molecular weight is 270 g/mol. The molecule has 0 bridgehead atoms. The van der Waals surface area contributed by atoms with Crippen molar-refractivity contribution in [3.8, 4) is 0 Å². The van der Waals surface area contributed by atoms with Gasteiger partial charge in [-0.05, 0) is 24.6 Å². The Bertz CT molecular complexity index is 600. The predicted molar refractivity (Wildman–Crippen MR) is 69.4 cm³/mol. The molecule has 1 aromatic rings. The number of benzene rings is 1. The summed E-state index contributed by atoms with van der Waals surface area (Å²) in [5.41, 5.74) is 2.26. The van der Waals surface area contributed by atoms with Gasteiger partial charge in [-0.2, -0.15) is 0 Å². The fourth-order valence-electron chi connectivity index (χ4n) is 2.65. The van der Waals surface area contributed by atoms with Crippen LogP contribution in [0.25, 0.3) is 0 Å². The number of halogens is 1. The van der Waals surface area contributed by atoms with Crippen molar-refractivity contribution in [3.05, 3.63) is 23.5 Å². The van der Waals surface area contributed by atoms with Crippen molar-refractivity contribution < 1.29 is 12.8 Å². The monoisotopic (exact) mass is 270 g/mol. The molecule has 1 saturated heterocycles. The molecule has 1 aromatic carbocycles. The van der Waals surface area contributed by atoms with Crippen LogP contribution in [0.3, 0.4) is 0 Å². The summed E-state index contributed by atoms with van der Waals surface area (Å²) in [5.74, 6) is 0.124. The number of fused-ring (bicyclic) bond motifs is 3. The van der Waals surface area contributed by atoms with Crippen molar-refractivity contribution in [2.24, 2.45) is 0 Å². The normalized spacial score (nSPS) is 25.0. The highest BCUT2D eigenvalue weighted by molar-refractivity contribution is 7.91. The van der Waals surface area contributed by atoms with Gasteiger partial charge in [0.2, 0.25) is 0 Å². The maximum atomic E-state index is 13.5. The zero-order valence-corrected chi connectivity index (χ0v) is 10.9. The lowest BCUT2D eigenvalue weighted by molar-refractivity contribution is 0.558. The topological polar surface area (TPSA) is 49.4 Å². The SMILES string of the molecule is Cc1cc2c(cc1F)NCC1CS(=O)(=O)CCN21. The van der Waals surface area contributed by atoms with E-state index in [4.69, 9.17) is 0 Å². The number of nitrogens with zero attached hydrogens (tertiary/aromatic N) is 1. The summed E-state index contributed by atoms with van der Waals surface area (Å²) in [5, 5.41) is 3.12. The van der Waals surface area contributed by atoms with Crippen LogP contribution in [0, 0.1) is 12.7 Å². The second kappa shape index (κ2) is 3.85. The first kappa shape index (κ1) is 11.8. The predicted octanol–water partition coefficient (Wildman–Crippen LogP) is 1.16. The van der Waals surface area contributed by atoms with E-state index >= 15 is 0 Å². The molecule has 18 heavy (non-hydrogen) atoms. The minimum atomic E-state index is -2.93. The molecule has 98 valence electrons. The van der Waals surface area contributed by atoms with Crippen LogP contribution < -0.4 is 10.2 Å². The average Bonchev–Trinajstić information content (AvgIpc) is 2.29. The highest BCUT2D eigenvalue weighted by Gasteiger charge is 2.35. The summed E-state index contributed by atoms with van der Waals surface area (Å²) in [6, 6.07) is 3.24. The number of rotatable bonds is 0. The Morgan fingerprint density at radius 3 is 3.00 bits per heavy atom. The summed E-state index contributed by atoms with van der Waals surface area (Å²) < 4.78 is 36.7. The molecule has 3 rings (SSSR count). The van der Waals surface area contributed by atoms with E-state index in [-0.39, 0.29) is 23.4 Å². The van der Waals surface area contributed by atoms with E-state index in [1.165, 1.54) is 6.07 Å². The number of nitrogens with one attached hydrogen (secondary N) is 1. The molecule has 0 aliphatic carbocycles. The van der Waals surface area contributed by atoms with Gasteiger partial charge in [0.1, 0.15) is 5.82 Å². The Kier molecular flexibility index (Phi) is 2.52. The van der Waals surface area contributed by atoms with Crippen molar-refractivity contribution in [3.63, 3.8) is 0 Å². The fraction of sp³-hybridized carbons (Fsp3) is 0.500. The lowest BCUT2D eigenvalue weighted by atomic mass is 10.1. The molecule has 1 N–H and O–H groups in total. The van der Waals surface area contributed by atoms with E-state index in [9.17, 15) is 12.8 Å². The van der Waals surface area contributed by atoms with Gasteiger partial charge in [-0.3, -0.25) is 0 Å². The largest absolute Gasteiger partial charge is 0.381 e. The molecule has 4 nitrogen and oxygen atoms in total. The standard InChI is InChI=1S/C12H15FN2O2S/c1-8-4-12-11(5-10(8)13)14-6-9-7-18(16,17)3-2-15(9)12/h4-5,9,14H,2-3,6-7H2,1H3. The van der Waals surface area contributed by atoms with Gasteiger partial charge in [-0.1, -0.05) is 0 Å². The van der Waals surface area contributed by atoms with Crippen LogP contribution in [0.2, 0.25) is 0 Å². The molecule has 1 fully saturated rings. The van der Waals surface area contributed by atoms with Crippen LogP contribution in [0.1, 0.15) is 5.56 Å². The molecule has 2 aliphatic rings. The molecule has 0 saturated carbocycles. The van der Waals surface area contributed by atoms with E-state index in [1.807, 2.05) is 0 Å². The Morgan fingerprint density at radius 2 is 2.22 bits per heavy atom. The summed E-state index contributed by atoms with van der Waals surface area (Å²) in [4.78, 5) is 2.08. The smallest absolute Gasteiger partial charge is 0.154 e. The summed E-state index contributed by atoms with van der Waals surface area (Å²) in [6.45, 7) is 2.77. The van der Waals surface area contributed by atoms with Gasteiger partial charge in [0.05, 0.1) is 28.9 Å². The lowest BCUT2D eigenvalue weighted by Gasteiger charge is -2.42. The second-order valence-corrected chi connectivity index (χ2v) is 7.19. The number of hydrogen-bond acceptors (Lipinski definition) is 4. The van der Waals surface area contributed by atoms with Crippen LogP contribution in [-0.4, -0.2) is 39.1 Å². The van der Waals surface area contributed by atoms with Gasteiger partial charge in [0, 0.05) is 13.1 Å². The summed E-state index contributed by atoms with van der Waals surface area (Å²) in [6.07, 6.45) is 0. The van der Waals surface area contributed by atoms with Crippen LogP contribution >= 0.6 is 0 Å². The molecular weight excluding hydrogens is 255 g/mol. The Balaban J connectivity index is 2.01. The number of hydrogen-bond donors (Lipinski definition) is 1. The van der Waals surface area contributed by atoms with Gasteiger partial charge < -0.3 is 10.2 Å². The van der Waals surface area contributed by atoms with Crippen LogP contribution in [0.5, 0.6) is 0 Å². The Morgan fingerprint density at radius 1 is 1.44 bits per heavy atom. The van der Waals surface area contributed by atoms with Crippen molar-refractivity contribution in [2.75, 3.05) is 34.8 Å². The molecule has 2 aliphatic heterocycles. The molecule has 0 aromatic heterocycles. The van der Waals surface area contributed by atoms with E-state index in [2.05, 4.69) is 10.2 Å². The molecule has 1 unspecified atom stereocenters. The molecule has 2 heterocycles. The van der Waals surface area contributed by atoms with Crippen LogP contribution in [0.4, 0.5) is 15.8 Å². The van der Waals surface area contributed by atoms with E-state index in [0.29, 0.717) is 18.7 Å². The molecule has 6 heteroatoms. The van der Waals surface area contributed by atoms with E-state index in [1.54, 1.807) is 13.0 Å². The van der Waals surface area contributed by atoms with E-state index < -0.39 is 9.84 Å². The Hall–Kier alpha value is -1.30. The zero-order chi connectivity index (χ0) is 12.9. The maximum Gasteiger partial charge on any atom is 0.154 e. The van der Waals surface area contributed by atoms with Gasteiger partial charge in [-0.15, -0.1) is 0 Å². The minimum Gasteiger partial charge on any atom is -0.381 e. The second-order valence-electron chi connectivity index (χ2n) is 4.96. The molecular formula is C12H15FN2O2S. The zero-order valence-electron chi connectivity index (χ0n) is 10.1. The fourth-order valence-corrected chi connectivity index (χ4v) is 4.17. The number of sulfone groups is 1. The van der Waals surface area contributed by atoms with Crippen LogP contribution in [0.15, 0.2) is 12.1 Å². The minimum absolute atomic E-state index is 0.0406. The lowest BCUT2D eigenvalue weighted by Crippen LogP contribution is -2.54. The number of aryl methyl sites for hydroxylation is 1. The Labute approximate surface area is 106 Å². The first-order valence-electron chi connectivity index (χ1n) is 5.97. The number of anilines is 2. The van der Waals surface area contributed by atoms with Crippen molar-refractivity contribution in [2.45, 2.75) is 13.0 Å². The first-order valence-corrected chi connectivity index (χ1v) is 7.79. The highest BCUT2D eigenvalue weighted by atomic mass is 32.2. The molecule has 0 radical (unpaired) electrons. The summed E-state index contributed by atoms with van der Waals surface area (Å²) >= 11 is 0. The maximum absolute atomic E-state index is 13.5. The third kappa shape index (κ3) is 1.84. The molecule has 0 amide bonds. The van der Waals surface area contributed by atoms with E-state index in [0.717, 1.165) is 11.4 Å².